The number of hydrogen-bond acceptors (Lipinski definition) is 4. The van der Waals surface area contributed by atoms with Gasteiger partial charge in [0.25, 0.3) is 5.91 Å². The number of aromatic nitrogens is 1. The number of nitrogens with one attached hydrogen (secondary N) is 2. The van der Waals surface area contributed by atoms with E-state index in [0.29, 0.717) is 12.2 Å². The molecule has 2 aromatic rings. The predicted octanol–water partition coefficient (Wildman–Crippen LogP) is 2.81. The first-order valence-electron chi connectivity index (χ1n) is 6.21. The molecule has 2 rings (SSSR count). The van der Waals surface area contributed by atoms with E-state index in [1.165, 1.54) is 10.4 Å². The molecule has 5 heteroatoms. The number of nitrogens with zero attached hydrogens (tertiary/aromatic N) is 1. The van der Waals surface area contributed by atoms with Gasteiger partial charge in [-0.05, 0) is 43.0 Å². The van der Waals surface area contributed by atoms with Gasteiger partial charge in [-0.1, -0.05) is 0 Å². The summed E-state index contributed by atoms with van der Waals surface area (Å²) in [4.78, 5) is 17.3. The summed E-state index contributed by atoms with van der Waals surface area (Å²) in [6, 6.07) is 5.67. The van der Waals surface area contributed by atoms with Gasteiger partial charge < -0.3 is 10.6 Å². The standard InChI is InChI=1S/C14H17N3OS/c1-3-15-11-4-6-16-12(8-11)14(18)17-9-13-10(2)5-7-19-13/h4-8H,3,9H2,1-2H3,(H,15,16)(H,17,18). The van der Waals surface area contributed by atoms with Gasteiger partial charge in [-0.25, -0.2) is 0 Å². The van der Waals surface area contributed by atoms with Crippen molar-refractivity contribution < 1.29 is 4.79 Å². The maximum absolute atomic E-state index is 12.0. The third kappa shape index (κ3) is 3.54. The van der Waals surface area contributed by atoms with Crippen LogP contribution < -0.4 is 10.6 Å². The molecule has 0 unspecified atom stereocenters. The number of carbonyl (C=O) groups is 1. The van der Waals surface area contributed by atoms with Crippen molar-refractivity contribution in [1.82, 2.24) is 10.3 Å². The molecule has 2 aromatic heterocycles. The highest BCUT2D eigenvalue weighted by molar-refractivity contribution is 7.10. The number of amides is 1. The van der Waals surface area contributed by atoms with Crippen LogP contribution in [-0.2, 0) is 6.54 Å². The zero-order chi connectivity index (χ0) is 13.7. The minimum absolute atomic E-state index is 0.146. The third-order valence-corrected chi connectivity index (χ3v) is 3.77. The smallest absolute Gasteiger partial charge is 0.270 e. The second-order valence-electron chi connectivity index (χ2n) is 4.17. The number of pyridine rings is 1. The van der Waals surface area contributed by atoms with Gasteiger partial charge in [0, 0.05) is 23.3 Å². The molecule has 0 radical (unpaired) electrons. The molecule has 100 valence electrons. The lowest BCUT2D eigenvalue weighted by Gasteiger charge is -2.06. The highest BCUT2D eigenvalue weighted by atomic mass is 32.1. The van der Waals surface area contributed by atoms with Gasteiger partial charge in [-0.15, -0.1) is 11.3 Å². The molecule has 2 heterocycles. The molecule has 0 aromatic carbocycles. The van der Waals surface area contributed by atoms with E-state index in [-0.39, 0.29) is 5.91 Å². The second-order valence-corrected chi connectivity index (χ2v) is 5.17. The Hall–Kier alpha value is -1.88. The molecule has 0 spiro atoms. The van der Waals surface area contributed by atoms with E-state index in [0.717, 1.165) is 12.2 Å². The summed E-state index contributed by atoms with van der Waals surface area (Å²) in [5.74, 6) is -0.146. The number of thiophene rings is 1. The van der Waals surface area contributed by atoms with E-state index in [4.69, 9.17) is 0 Å². The molecule has 0 saturated heterocycles. The van der Waals surface area contributed by atoms with Gasteiger partial charge in [-0.2, -0.15) is 0 Å². The number of aryl methyl sites for hydroxylation is 1. The van der Waals surface area contributed by atoms with Gasteiger partial charge in [0.05, 0.1) is 6.54 Å². The fourth-order valence-corrected chi connectivity index (χ4v) is 2.55. The Balaban J connectivity index is 2.00. The van der Waals surface area contributed by atoms with Crippen molar-refractivity contribution in [3.05, 3.63) is 45.9 Å². The van der Waals surface area contributed by atoms with Gasteiger partial charge in [0.1, 0.15) is 5.69 Å². The minimum Gasteiger partial charge on any atom is -0.385 e. The molecule has 0 aliphatic rings. The number of hydrogen-bond donors (Lipinski definition) is 2. The summed E-state index contributed by atoms with van der Waals surface area (Å²) in [5.41, 5.74) is 2.56. The quantitative estimate of drug-likeness (QED) is 0.882. The minimum atomic E-state index is -0.146. The van der Waals surface area contributed by atoms with Gasteiger partial charge in [0.15, 0.2) is 0 Å². The van der Waals surface area contributed by atoms with Crippen LogP contribution in [0.25, 0.3) is 0 Å². The van der Waals surface area contributed by atoms with Crippen LogP contribution in [0.4, 0.5) is 5.69 Å². The van der Waals surface area contributed by atoms with E-state index in [9.17, 15) is 4.79 Å². The van der Waals surface area contributed by atoms with Crippen molar-refractivity contribution in [2.75, 3.05) is 11.9 Å². The van der Waals surface area contributed by atoms with E-state index in [1.54, 1.807) is 23.6 Å². The summed E-state index contributed by atoms with van der Waals surface area (Å²) >= 11 is 1.65. The van der Waals surface area contributed by atoms with Crippen molar-refractivity contribution in [3.8, 4) is 0 Å². The lowest BCUT2D eigenvalue weighted by molar-refractivity contribution is 0.0946. The second kappa shape index (κ2) is 6.33. The molecule has 0 saturated carbocycles. The summed E-state index contributed by atoms with van der Waals surface area (Å²) in [5, 5.41) is 8.08. The zero-order valence-electron chi connectivity index (χ0n) is 11.1. The zero-order valence-corrected chi connectivity index (χ0v) is 11.9. The van der Waals surface area contributed by atoms with E-state index >= 15 is 0 Å². The lowest BCUT2D eigenvalue weighted by atomic mass is 10.2. The maximum Gasteiger partial charge on any atom is 0.270 e. The average Bonchev–Trinajstić information content (AvgIpc) is 2.82. The summed E-state index contributed by atoms with van der Waals surface area (Å²) < 4.78 is 0. The number of rotatable bonds is 5. The first-order chi connectivity index (χ1) is 9.20. The van der Waals surface area contributed by atoms with Crippen LogP contribution in [0.2, 0.25) is 0 Å². The Kier molecular flexibility index (Phi) is 4.52. The monoisotopic (exact) mass is 275 g/mol. The van der Waals surface area contributed by atoms with Gasteiger partial charge in [0.2, 0.25) is 0 Å². The molecule has 0 aliphatic carbocycles. The SMILES string of the molecule is CCNc1ccnc(C(=O)NCc2sccc2C)c1. The van der Waals surface area contributed by atoms with Crippen molar-refractivity contribution >= 4 is 22.9 Å². The highest BCUT2D eigenvalue weighted by Gasteiger charge is 2.08. The van der Waals surface area contributed by atoms with Crippen LogP contribution in [0.15, 0.2) is 29.8 Å². The predicted molar refractivity (Wildman–Crippen MR) is 78.6 cm³/mol. The molecule has 2 N–H and O–H groups in total. The van der Waals surface area contributed by atoms with Crippen LogP contribution in [0.3, 0.4) is 0 Å². The Labute approximate surface area is 116 Å². The maximum atomic E-state index is 12.0. The molecule has 1 amide bonds. The molecular formula is C14H17N3OS. The Morgan fingerprint density at radius 1 is 1.42 bits per heavy atom. The van der Waals surface area contributed by atoms with Crippen molar-refractivity contribution in [2.45, 2.75) is 20.4 Å². The topological polar surface area (TPSA) is 54.0 Å². The average molecular weight is 275 g/mol. The van der Waals surface area contributed by atoms with E-state index < -0.39 is 0 Å². The lowest BCUT2D eigenvalue weighted by Crippen LogP contribution is -2.23. The van der Waals surface area contributed by atoms with Crippen LogP contribution in [0.1, 0.15) is 27.9 Å². The summed E-state index contributed by atoms with van der Waals surface area (Å²) in [6.45, 7) is 5.43. The Morgan fingerprint density at radius 2 is 2.26 bits per heavy atom. The Bertz CT molecular complexity index is 565. The van der Waals surface area contributed by atoms with Crippen LogP contribution in [-0.4, -0.2) is 17.4 Å². The number of carbonyl (C=O) groups excluding carboxylic acids is 1. The first-order valence-corrected chi connectivity index (χ1v) is 7.09. The van der Waals surface area contributed by atoms with Gasteiger partial charge in [-0.3, -0.25) is 9.78 Å². The highest BCUT2D eigenvalue weighted by Crippen LogP contribution is 2.15. The van der Waals surface area contributed by atoms with E-state index in [2.05, 4.69) is 21.7 Å². The van der Waals surface area contributed by atoms with Crippen LogP contribution in [0.5, 0.6) is 0 Å². The fourth-order valence-electron chi connectivity index (χ4n) is 1.71. The van der Waals surface area contributed by atoms with Crippen LogP contribution in [0, 0.1) is 6.92 Å². The molecule has 0 atom stereocenters. The fraction of sp³-hybridized carbons (Fsp3) is 0.286. The van der Waals surface area contributed by atoms with Crippen LogP contribution >= 0.6 is 11.3 Å². The van der Waals surface area contributed by atoms with Crippen molar-refractivity contribution in [1.29, 1.82) is 0 Å². The first kappa shape index (κ1) is 13.5. The van der Waals surface area contributed by atoms with E-state index in [1.807, 2.05) is 25.3 Å². The van der Waals surface area contributed by atoms with Crippen molar-refractivity contribution in [2.24, 2.45) is 0 Å². The largest absolute Gasteiger partial charge is 0.385 e. The molecule has 0 aliphatic heterocycles. The Morgan fingerprint density at radius 3 is 2.95 bits per heavy atom. The molecular weight excluding hydrogens is 258 g/mol. The summed E-state index contributed by atoms with van der Waals surface area (Å²) in [7, 11) is 0. The van der Waals surface area contributed by atoms with Crippen molar-refractivity contribution in [3.63, 3.8) is 0 Å². The summed E-state index contributed by atoms with van der Waals surface area (Å²) in [6.07, 6.45) is 1.64. The normalized spacial score (nSPS) is 10.2. The molecule has 0 fully saturated rings. The molecule has 4 nitrogen and oxygen atoms in total. The molecule has 19 heavy (non-hydrogen) atoms. The number of anilines is 1. The van der Waals surface area contributed by atoms with Gasteiger partial charge >= 0.3 is 0 Å². The third-order valence-electron chi connectivity index (χ3n) is 2.75. The molecule has 0 bridgehead atoms.